The number of imidazole rings is 1. The summed E-state index contributed by atoms with van der Waals surface area (Å²) in [6.45, 7) is 6.08. The summed E-state index contributed by atoms with van der Waals surface area (Å²) < 4.78 is 1.99. The van der Waals surface area contributed by atoms with Crippen LogP contribution < -0.4 is 0 Å². The van der Waals surface area contributed by atoms with Crippen LogP contribution in [-0.2, 0) is 23.7 Å². The molecule has 31 heavy (non-hydrogen) atoms. The molecule has 8 nitrogen and oxygen atoms in total. The Kier molecular flexibility index (Phi) is 4.19. The summed E-state index contributed by atoms with van der Waals surface area (Å²) in [6, 6.07) is 10.2. The first-order valence-corrected chi connectivity index (χ1v) is 10.4. The van der Waals surface area contributed by atoms with E-state index in [1.54, 1.807) is 7.05 Å². The zero-order chi connectivity index (χ0) is 21.9. The molecule has 0 amide bonds. The Morgan fingerprint density at radius 2 is 2.06 bits per heavy atom. The summed E-state index contributed by atoms with van der Waals surface area (Å²) in [5.74, 6) is 1.03. The number of nitriles is 1. The van der Waals surface area contributed by atoms with Crippen LogP contribution in [0.2, 0.25) is 0 Å². The Bertz CT molecular complexity index is 1290. The summed E-state index contributed by atoms with van der Waals surface area (Å²) in [7, 11) is 1.74. The lowest BCUT2D eigenvalue weighted by atomic mass is 9.58. The molecule has 3 aromatic rings. The van der Waals surface area contributed by atoms with Crippen molar-refractivity contribution in [3.63, 3.8) is 0 Å². The number of benzene rings is 1. The smallest absolute Gasteiger partial charge is 0.276 e. The molecule has 0 radical (unpaired) electrons. The maximum absolute atomic E-state index is 12.7. The van der Waals surface area contributed by atoms with Gasteiger partial charge in [0.2, 0.25) is 0 Å². The van der Waals surface area contributed by atoms with Crippen LogP contribution in [0.1, 0.15) is 37.2 Å². The second-order valence-corrected chi connectivity index (χ2v) is 8.71. The quantitative estimate of drug-likeness (QED) is 0.640. The van der Waals surface area contributed by atoms with Crippen LogP contribution >= 0.6 is 0 Å². The number of hydrogen-bond acceptors (Lipinski definition) is 6. The van der Waals surface area contributed by atoms with Crippen molar-refractivity contribution in [1.82, 2.24) is 29.8 Å². The fourth-order valence-corrected chi connectivity index (χ4v) is 5.30. The number of carbonyl (C=O) groups is 1. The summed E-state index contributed by atoms with van der Waals surface area (Å²) in [6.07, 6.45) is 3.41. The third-order valence-electron chi connectivity index (χ3n) is 6.88. The number of carbonyl (C=O) groups excluding carboxylic acids is 1. The highest BCUT2D eigenvalue weighted by Crippen LogP contribution is 2.50. The van der Waals surface area contributed by atoms with Gasteiger partial charge in [0.15, 0.2) is 5.78 Å². The molecule has 0 saturated heterocycles. The number of Topliss-reactive ketones (excluding diaryl/α,β-unsaturated/α-hetero) is 1. The molecule has 3 atom stereocenters. The van der Waals surface area contributed by atoms with E-state index in [1.165, 1.54) is 4.80 Å². The van der Waals surface area contributed by atoms with Crippen LogP contribution in [0.4, 0.5) is 0 Å². The van der Waals surface area contributed by atoms with Crippen molar-refractivity contribution < 1.29 is 4.79 Å². The Labute approximate surface area is 180 Å². The first-order valence-electron chi connectivity index (χ1n) is 10.4. The zero-order valence-electron chi connectivity index (χ0n) is 18.0. The highest BCUT2D eigenvalue weighted by Gasteiger charge is 2.50. The Morgan fingerprint density at radius 3 is 2.74 bits per heavy atom. The van der Waals surface area contributed by atoms with E-state index >= 15 is 0 Å². The molecule has 2 aromatic heterocycles. The number of nitrogens with zero attached hydrogens (tertiary/aromatic N) is 7. The maximum Gasteiger partial charge on any atom is 0.276 e. The van der Waals surface area contributed by atoms with Gasteiger partial charge in [-0.15, -0.1) is 5.10 Å². The molecule has 0 saturated carbocycles. The van der Waals surface area contributed by atoms with Crippen molar-refractivity contribution >= 4 is 5.78 Å². The van der Waals surface area contributed by atoms with Gasteiger partial charge in [-0.25, -0.2) is 4.98 Å². The number of hydrogen-bond donors (Lipinski definition) is 0. The minimum Gasteiger partial charge on any atom is -0.293 e. The number of aryl methyl sites for hydroxylation is 2. The minimum atomic E-state index is -0.517. The van der Waals surface area contributed by atoms with E-state index in [2.05, 4.69) is 41.4 Å². The Balaban J connectivity index is 1.82. The average Bonchev–Trinajstić information content (AvgIpc) is 3.35. The van der Waals surface area contributed by atoms with E-state index in [4.69, 9.17) is 4.98 Å². The van der Waals surface area contributed by atoms with E-state index < -0.39 is 5.41 Å². The van der Waals surface area contributed by atoms with Crippen LogP contribution in [0.5, 0.6) is 0 Å². The largest absolute Gasteiger partial charge is 0.293 e. The SMILES string of the molecule is Cc1ccccc1-c1nc2c(n1-c1nnn(C)n1)CC[C@H]1[C@H](C)C(=O)C(C#N)=C[C@]21C. The summed E-state index contributed by atoms with van der Waals surface area (Å²) >= 11 is 0. The Morgan fingerprint density at radius 1 is 1.29 bits per heavy atom. The number of ketones is 1. The van der Waals surface area contributed by atoms with Gasteiger partial charge in [-0.05, 0) is 36.5 Å². The molecule has 5 rings (SSSR count). The number of aromatic nitrogens is 6. The third-order valence-corrected chi connectivity index (χ3v) is 6.88. The van der Waals surface area contributed by atoms with Gasteiger partial charge in [0.25, 0.3) is 5.95 Å². The standard InChI is InChI=1S/C23H23N7O/c1-13-7-5-6-8-16(13)21-25-20-18(30(21)22-26-28-29(4)27-22)10-9-17-14(2)19(31)15(12-24)11-23(17,20)3/h5-8,11,14,17H,9-10H2,1-4H3/t14-,17-,23-/m0/s1. The average molecular weight is 413 g/mol. The lowest BCUT2D eigenvalue weighted by molar-refractivity contribution is -0.121. The normalized spacial score (nSPS) is 24.9. The van der Waals surface area contributed by atoms with Crippen molar-refractivity contribution in [1.29, 1.82) is 5.26 Å². The van der Waals surface area contributed by atoms with E-state index in [-0.39, 0.29) is 23.2 Å². The van der Waals surface area contributed by atoms with Crippen LogP contribution in [0.3, 0.4) is 0 Å². The first kappa shape index (κ1) is 19.4. The number of allylic oxidation sites excluding steroid dienone is 2. The van der Waals surface area contributed by atoms with Crippen LogP contribution in [0, 0.1) is 30.1 Å². The molecule has 156 valence electrons. The van der Waals surface area contributed by atoms with Gasteiger partial charge in [0, 0.05) is 16.9 Å². The molecule has 8 heteroatoms. The van der Waals surface area contributed by atoms with Gasteiger partial charge in [0.1, 0.15) is 11.9 Å². The molecule has 0 unspecified atom stereocenters. The first-order chi connectivity index (χ1) is 14.8. The Hall–Kier alpha value is -3.60. The van der Waals surface area contributed by atoms with Gasteiger partial charge >= 0.3 is 0 Å². The molecule has 2 heterocycles. The van der Waals surface area contributed by atoms with Crippen molar-refractivity contribution in [2.24, 2.45) is 18.9 Å². The topological polar surface area (TPSA) is 102 Å². The van der Waals surface area contributed by atoms with Gasteiger partial charge in [0.05, 0.1) is 24.0 Å². The van der Waals surface area contributed by atoms with Crippen molar-refractivity contribution in [2.75, 3.05) is 0 Å². The van der Waals surface area contributed by atoms with Crippen LogP contribution in [0.25, 0.3) is 17.3 Å². The van der Waals surface area contributed by atoms with Crippen molar-refractivity contribution in [3.05, 3.63) is 52.9 Å². The molecule has 0 N–H and O–H groups in total. The lowest BCUT2D eigenvalue weighted by Crippen LogP contribution is -2.45. The summed E-state index contributed by atoms with van der Waals surface area (Å²) in [4.78, 5) is 19.2. The van der Waals surface area contributed by atoms with Crippen LogP contribution in [-0.4, -0.2) is 35.5 Å². The summed E-state index contributed by atoms with van der Waals surface area (Å²) in [5.41, 5.74) is 3.70. The molecule has 0 bridgehead atoms. The third kappa shape index (κ3) is 2.69. The van der Waals surface area contributed by atoms with Gasteiger partial charge in [-0.3, -0.25) is 9.36 Å². The highest BCUT2D eigenvalue weighted by atomic mass is 16.1. The summed E-state index contributed by atoms with van der Waals surface area (Å²) in [5, 5.41) is 22.4. The lowest BCUT2D eigenvalue weighted by Gasteiger charge is -2.44. The monoisotopic (exact) mass is 413 g/mol. The van der Waals surface area contributed by atoms with Gasteiger partial charge < -0.3 is 0 Å². The van der Waals surface area contributed by atoms with E-state index in [0.717, 1.165) is 41.2 Å². The molecule has 1 aromatic carbocycles. The van der Waals surface area contributed by atoms with Crippen LogP contribution in [0.15, 0.2) is 35.9 Å². The van der Waals surface area contributed by atoms with E-state index in [1.807, 2.05) is 35.8 Å². The number of rotatable bonds is 2. The fraction of sp³-hybridized carbons (Fsp3) is 0.391. The molecular weight excluding hydrogens is 390 g/mol. The fourth-order valence-electron chi connectivity index (χ4n) is 5.30. The molecular formula is C23H23N7O. The minimum absolute atomic E-state index is 0.0671. The molecule has 2 aliphatic carbocycles. The van der Waals surface area contributed by atoms with E-state index in [9.17, 15) is 10.1 Å². The van der Waals surface area contributed by atoms with E-state index in [0.29, 0.717) is 5.95 Å². The van der Waals surface area contributed by atoms with Crippen molar-refractivity contribution in [2.45, 2.75) is 39.0 Å². The number of fused-ring (bicyclic) bond motifs is 3. The molecule has 2 aliphatic rings. The van der Waals surface area contributed by atoms with Gasteiger partial charge in [-0.1, -0.05) is 49.3 Å². The zero-order valence-corrected chi connectivity index (χ0v) is 18.0. The molecule has 0 spiro atoms. The molecule has 0 fully saturated rings. The molecule has 0 aliphatic heterocycles. The second-order valence-electron chi connectivity index (χ2n) is 8.71. The highest BCUT2D eigenvalue weighted by molar-refractivity contribution is 6.02. The van der Waals surface area contributed by atoms with Crippen molar-refractivity contribution in [3.8, 4) is 23.4 Å². The predicted octanol–water partition coefficient (Wildman–Crippen LogP) is 2.86. The number of tetrazole rings is 1. The second kappa shape index (κ2) is 6.71. The van der Waals surface area contributed by atoms with Gasteiger partial charge in [-0.2, -0.15) is 10.1 Å². The predicted molar refractivity (Wildman–Crippen MR) is 113 cm³/mol. The maximum atomic E-state index is 12.7.